The first-order chi connectivity index (χ1) is 7.56. The Morgan fingerprint density at radius 3 is 1.38 bits per heavy atom. The highest BCUT2D eigenvalue weighted by Crippen LogP contribution is 2.13. The second-order valence-electron chi connectivity index (χ2n) is 4.00. The average molecular weight is 220 g/mol. The van der Waals surface area contributed by atoms with Crippen molar-refractivity contribution in [1.82, 2.24) is 9.97 Å². The third-order valence-corrected chi connectivity index (χ3v) is 2.70. The predicted molar refractivity (Wildman–Crippen MR) is 59.4 cm³/mol. The lowest BCUT2D eigenvalue weighted by atomic mass is 10.3. The molecule has 0 radical (unpaired) electrons. The van der Waals surface area contributed by atoms with E-state index in [4.69, 9.17) is 8.83 Å². The Kier molecular flexibility index (Phi) is 2.81. The van der Waals surface area contributed by atoms with Crippen LogP contribution in [-0.2, 0) is 12.8 Å². The van der Waals surface area contributed by atoms with E-state index in [0.717, 1.165) is 47.5 Å². The molecule has 0 atom stereocenters. The Bertz CT molecular complexity index is 412. The van der Waals surface area contributed by atoms with E-state index in [1.165, 1.54) is 0 Å². The molecule has 4 nitrogen and oxygen atoms in total. The van der Waals surface area contributed by atoms with E-state index >= 15 is 0 Å². The molecule has 4 heteroatoms. The molecule has 16 heavy (non-hydrogen) atoms. The normalized spacial score (nSPS) is 11.0. The molecule has 2 aromatic rings. The molecule has 2 rings (SSSR count). The van der Waals surface area contributed by atoms with Gasteiger partial charge in [-0.2, -0.15) is 0 Å². The lowest BCUT2D eigenvalue weighted by molar-refractivity contribution is 0.437. The van der Waals surface area contributed by atoms with Crippen LogP contribution < -0.4 is 0 Å². The Morgan fingerprint density at radius 1 is 0.750 bits per heavy atom. The molecule has 0 bridgehead atoms. The standard InChI is InChI=1S/C12H16N2O2/c1-7-9(3)15-11(13-7)5-6-12-14-8(2)10(4)16-12/h5-6H2,1-4H3. The van der Waals surface area contributed by atoms with E-state index in [0.29, 0.717) is 0 Å². The zero-order valence-electron chi connectivity index (χ0n) is 10.1. The Balaban J connectivity index is 2.02. The number of hydrogen-bond donors (Lipinski definition) is 0. The highest BCUT2D eigenvalue weighted by Gasteiger charge is 2.09. The number of aromatic nitrogens is 2. The van der Waals surface area contributed by atoms with Crippen LogP contribution >= 0.6 is 0 Å². The second kappa shape index (κ2) is 4.12. The molecule has 86 valence electrons. The molecule has 0 aliphatic heterocycles. The fraction of sp³-hybridized carbons (Fsp3) is 0.500. The zero-order valence-corrected chi connectivity index (χ0v) is 10.1. The van der Waals surface area contributed by atoms with Gasteiger partial charge in [-0.25, -0.2) is 9.97 Å². The predicted octanol–water partition coefficient (Wildman–Crippen LogP) is 2.68. The van der Waals surface area contributed by atoms with Gasteiger partial charge < -0.3 is 8.83 Å². The summed E-state index contributed by atoms with van der Waals surface area (Å²) in [5, 5.41) is 0. The van der Waals surface area contributed by atoms with Gasteiger partial charge in [0.05, 0.1) is 11.4 Å². The maximum Gasteiger partial charge on any atom is 0.195 e. The van der Waals surface area contributed by atoms with Gasteiger partial charge >= 0.3 is 0 Å². The quantitative estimate of drug-likeness (QED) is 0.798. The van der Waals surface area contributed by atoms with Gasteiger partial charge in [-0.3, -0.25) is 0 Å². The highest BCUT2D eigenvalue weighted by molar-refractivity contribution is 5.08. The summed E-state index contributed by atoms with van der Waals surface area (Å²) in [7, 11) is 0. The maximum atomic E-state index is 5.49. The zero-order chi connectivity index (χ0) is 11.7. The number of hydrogen-bond acceptors (Lipinski definition) is 4. The Labute approximate surface area is 94.7 Å². The van der Waals surface area contributed by atoms with E-state index in [9.17, 15) is 0 Å². The maximum absolute atomic E-state index is 5.49. The van der Waals surface area contributed by atoms with E-state index in [-0.39, 0.29) is 0 Å². The topological polar surface area (TPSA) is 52.1 Å². The summed E-state index contributed by atoms with van der Waals surface area (Å²) < 4.78 is 11.0. The first-order valence-electron chi connectivity index (χ1n) is 5.42. The first kappa shape index (κ1) is 10.9. The molecule has 0 amide bonds. The van der Waals surface area contributed by atoms with Crippen molar-refractivity contribution in [3.05, 3.63) is 34.7 Å². The molecule has 2 heterocycles. The summed E-state index contributed by atoms with van der Waals surface area (Å²) >= 11 is 0. The highest BCUT2D eigenvalue weighted by atomic mass is 16.4. The fourth-order valence-corrected chi connectivity index (χ4v) is 1.51. The minimum Gasteiger partial charge on any atom is -0.446 e. The largest absolute Gasteiger partial charge is 0.446 e. The van der Waals surface area contributed by atoms with Crippen LogP contribution in [0.2, 0.25) is 0 Å². The van der Waals surface area contributed by atoms with Gasteiger partial charge in [0.2, 0.25) is 0 Å². The molecule has 0 fully saturated rings. The van der Waals surface area contributed by atoms with Crippen molar-refractivity contribution >= 4 is 0 Å². The number of oxazole rings is 2. The van der Waals surface area contributed by atoms with Gasteiger partial charge in [-0.05, 0) is 27.7 Å². The molecule has 0 saturated heterocycles. The van der Waals surface area contributed by atoms with Crippen LogP contribution in [0.3, 0.4) is 0 Å². The van der Waals surface area contributed by atoms with Crippen LogP contribution in [-0.4, -0.2) is 9.97 Å². The van der Waals surface area contributed by atoms with Crippen molar-refractivity contribution in [2.75, 3.05) is 0 Å². The van der Waals surface area contributed by atoms with Crippen molar-refractivity contribution in [3.63, 3.8) is 0 Å². The van der Waals surface area contributed by atoms with Crippen molar-refractivity contribution in [3.8, 4) is 0 Å². The summed E-state index contributed by atoms with van der Waals surface area (Å²) in [4.78, 5) is 8.64. The summed E-state index contributed by atoms with van der Waals surface area (Å²) in [6.07, 6.45) is 1.46. The van der Waals surface area contributed by atoms with Gasteiger partial charge in [0.1, 0.15) is 11.5 Å². The molecule has 0 saturated carbocycles. The Morgan fingerprint density at radius 2 is 1.12 bits per heavy atom. The first-order valence-corrected chi connectivity index (χ1v) is 5.42. The smallest absolute Gasteiger partial charge is 0.195 e. The number of nitrogens with zero attached hydrogens (tertiary/aromatic N) is 2. The lowest BCUT2D eigenvalue weighted by Crippen LogP contribution is -1.92. The molecule has 0 aromatic carbocycles. The van der Waals surface area contributed by atoms with Crippen LogP contribution in [0.1, 0.15) is 34.7 Å². The van der Waals surface area contributed by atoms with Gasteiger partial charge in [0.25, 0.3) is 0 Å². The molecule has 2 aromatic heterocycles. The average Bonchev–Trinajstić information content (AvgIpc) is 2.70. The lowest BCUT2D eigenvalue weighted by Gasteiger charge is -1.91. The van der Waals surface area contributed by atoms with Crippen LogP contribution in [0.25, 0.3) is 0 Å². The molecular weight excluding hydrogens is 204 g/mol. The summed E-state index contributed by atoms with van der Waals surface area (Å²) in [6.45, 7) is 7.74. The van der Waals surface area contributed by atoms with Crippen LogP contribution in [0.5, 0.6) is 0 Å². The summed E-state index contributed by atoms with van der Waals surface area (Å²) in [6, 6.07) is 0. The van der Waals surface area contributed by atoms with Gasteiger partial charge in [0.15, 0.2) is 11.8 Å². The van der Waals surface area contributed by atoms with Crippen molar-refractivity contribution < 1.29 is 8.83 Å². The van der Waals surface area contributed by atoms with Crippen molar-refractivity contribution in [2.24, 2.45) is 0 Å². The molecule has 0 aliphatic carbocycles. The van der Waals surface area contributed by atoms with E-state index < -0.39 is 0 Å². The van der Waals surface area contributed by atoms with Crippen LogP contribution in [0.4, 0.5) is 0 Å². The third-order valence-electron chi connectivity index (χ3n) is 2.70. The molecule has 0 unspecified atom stereocenters. The van der Waals surface area contributed by atoms with E-state index in [1.807, 2.05) is 27.7 Å². The van der Waals surface area contributed by atoms with Crippen molar-refractivity contribution in [2.45, 2.75) is 40.5 Å². The monoisotopic (exact) mass is 220 g/mol. The Hall–Kier alpha value is -1.58. The van der Waals surface area contributed by atoms with Crippen molar-refractivity contribution in [1.29, 1.82) is 0 Å². The SMILES string of the molecule is Cc1nc(CCc2nc(C)c(C)o2)oc1C. The van der Waals surface area contributed by atoms with E-state index in [2.05, 4.69) is 9.97 Å². The molecule has 0 N–H and O–H groups in total. The van der Waals surface area contributed by atoms with Gasteiger partial charge in [-0.1, -0.05) is 0 Å². The van der Waals surface area contributed by atoms with Gasteiger partial charge in [0, 0.05) is 12.8 Å². The van der Waals surface area contributed by atoms with E-state index in [1.54, 1.807) is 0 Å². The molecular formula is C12H16N2O2. The third kappa shape index (κ3) is 2.15. The molecule has 0 aliphatic rings. The minimum atomic E-state index is 0.730. The summed E-state index contributed by atoms with van der Waals surface area (Å²) in [5.41, 5.74) is 1.91. The van der Waals surface area contributed by atoms with Crippen LogP contribution in [0.15, 0.2) is 8.83 Å². The van der Waals surface area contributed by atoms with Crippen LogP contribution in [0, 0.1) is 27.7 Å². The minimum absolute atomic E-state index is 0.730. The van der Waals surface area contributed by atoms with Gasteiger partial charge in [-0.15, -0.1) is 0 Å². The number of rotatable bonds is 3. The molecule has 0 spiro atoms. The second-order valence-corrected chi connectivity index (χ2v) is 4.00. The fourth-order valence-electron chi connectivity index (χ4n) is 1.51. The summed E-state index contributed by atoms with van der Waals surface area (Å²) in [5.74, 6) is 3.27. The number of aryl methyl sites for hydroxylation is 6.